The number of ketones is 1. The number of rotatable bonds is 7. The maximum atomic E-state index is 13.2. The molecule has 1 aliphatic rings. The van der Waals surface area contributed by atoms with Crippen LogP contribution in [0, 0.1) is 13.8 Å². The fourth-order valence-electron chi connectivity index (χ4n) is 3.99. The number of aliphatic hydroxyl groups is 1. The van der Waals surface area contributed by atoms with E-state index in [0.717, 1.165) is 33.7 Å². The van der Waals surface area contributed by atoms with E-state index < -0.39 is 17.7 Å². The number of nitrogens with zero attached hydrogens (tertiary/aromatic N) is 2. The van der Waals surface area contributed by atoms with Crippen molar-refractivity contribution in [2.45, 2.75) is 39.8 Å². The third kappa shape index (κ3) is 4.41. The highest BCUT2D eigenvalue weighted by Gasteiger charge is 2.47. The molecule has 3 aromatic rings. The molecule has 1 unspecified atom stereocenters. The Morgan fingerprint density at radius 2 is 1.88 bits per heavy atom. The van der Waals surface area contributed by atoms with Crippen molar-refractivity contribution in [1.82, 2.24) is 9.88 Å². The third-order valence-corrected chi connectivity index (χ3v) is 6.77. The molecule has 1 aromatic carbocycles. The second kappa shape index (κ2) is 9.58. The Bertz CT molecular complexity index is 1220. The second-order valence-electron chi connectivity index (χ2n) is 8.08. The smallest absolute Gasteiger partial charge is 0.295 e. The molecule has 1 amide bonds. The Hall–Kier alpha value is -3.45. The molecule has 6 nitrogen and oxygen atoms in total. The molecule has 0 saturated carbocycles. The number of aromatic nitrogens is 1. The number of aliphatic hydroxyl groups excluding tert-OH is 1. The molecule has 4 rings (SSSR count). The average molecular weight is 463 g/mol. The fourth-order valence-corrected chi connectivity index (χ4v) is 5.04. The molecule has 1 atom stereocenters. The van der Waals surface area contributed by atoms with E-state index in [-0.39, 0.29) is 17.9 Å². The number of ether oxygens (including phenoxy) is 1. The third-order valence-electron chi connectivity index (χ3n) is 5.70. The zero-order valence-corrected chi connectivity index (χ0v) is 19.7. The van der Waals surface area contributed by atoms with Gasteiger partial charge in [-0.2, -0.15) is 0 Å². The summed E-state index contributed by atoms with van der Waals surface area (Å²) in [6, 6.07) is 10.2. The molecule has 170 valence electrons. The van der Waals surface area contributed by atoms with Gasteiger partial charge in [0.1, 0.15) is 17.6 Å². The highest BCUT2D eigenvalue weighted by atomic mass is 32.1. The van der Waals surface area contributed by atoms with E-state index >= 15 is 0 Å². The number of carbonyl (C=O) groups is 2. The van der Waals surface area contributed by atoms with Gasteiger partial charge in [0, 0.05) is 29.4 Å². The maximum Gasteiger partial charge on any atom is 0.295 e. The van der Waals surface area contributed by atoms with Gasteiger partial charge in [0.05, 0.1) is 12.2 Å². The summed E-state index contributed by atoms with van der Waals surface area (Å²) < 4.78 is 5.73. The summed E-state index contributed by atoms with van der Waals surface area (Å²) in [6.45, 7) is 6.72. The Balaban J connectivity index is 1.80. The standard InChI is InChI=1S/C26H26N2O4S/c1-4-12-32-20-6-5-19(14-17(20)3)23(29)21-22(25-16(2)9-13-33-25)28(26(31)24(21)30)15-18-7-10-27-11-8-18/h5-11,13-14,22,29H,4,12,15H2,1-3H3/b23-21-. The molecule has 0 aliphatic carbocycles. The number of hydrogen-bond acceptors (Lipinski definition) is 6. The largest absolute Gasteiger partial charge is 0.507 e. The van der Waals surface area contributed by atoms with Crippen molar-refractivity contribution < 1.29 is 19.4 Å². The van der Waals surface area contributed by atoms with Crippen molar-refractivity contribution in [2.24, 2.45) is 0 Å². The molecule has 0 spiro atoms. The van der Waals surface area contributed by atoms with Crippen molar-refractivity contribution in [3.05, 3.63) is 86.9 Å². The molecule has 1 fully saturated rings. The zero-order chi connectivity index (χ0) is 23.5. The van der Waals surface area contributed by atoms with Gasteiger partial charge in [-0.1, -0.05) is 6.92 Å². The van der Waals surface area contributed by atoms with Crippen molar-refractivity contribution in [1.29, 1.82) is 0 Å². The number of pyridine rings is 1. The molecule has 3 heterocycles. The fraction of sp³-hybridized carbons (Fsp3) is 0.269. The number of amides is 1. The van der Waals surface area contributed by atoms with Gasteiger partial charge in [-0.25, -0.2) is 0 Å². The Morgan fingerprint density at radius 1 is 1.12 bits per heavy atom. The average Bonchev–Trinajstić information content (AvgIpc) is 3.34. The van der Waals surface area contributed by atoms with Crippen LogP contribution in [0.2, 0.25) is 0 Å². The van der Waals surface area contributed by atoms with Gasteiger partial charge < -0.3 is 14.7 Å². The van der Waals surface area contributed by atoms with E-state index in [1.54, 1.807) is 30.6 Å². The molecule has 1 aliphatic heterocycles. The van der Waals surface area contributed by atoms with Crippen LogP contribution in [0.1, 0.15) is 46.5 Å². The van der Waals surface area contributed by atoms with Gasteiger partial charge in [0.15, 0.2) is 0 Å². The van der Waals surface area contributed by atoms with Crippen LogP contribution in [0.15, 0.2) is 59.7 Å². The van der Waals surface area contributed by atoms with E-state index in [1.165, 1.54) is 16.2 Å². The lowest BCUT2D eigenvalue weighted by molar-refractivity contribution is -0.140. The molecule has 1 saturated heterocycles. The van der Waals surface area contributed by atoms with E-state index in [9.17, 15) is 14.7 Å². The highest BCUT2D eigenvalue weighted by molar-refractivity contribution is 7.10. The minimum absolute atomic E-state index is 0.112. The van der Waals surface area contributed by atoms with Crippen LogP contribution in [-0.4, -0.2) is 33.3 Å². The van der Waals surface area contributed by atoms with E-state index in [4.69, 9.17) is 4.74 Å². The summed E-state index contributed by atoms with van der Waals surface area (Å²) in [5.41, 5.74) is 3.28. The predicted molar refractivity (Wildman–Crippen MR) is 128 cm³/mol. The molecule has 33 heavy (non-hydrogen) atoms. The van der Waals surface area contributed by atoms with Gasteiger partial charge in [-0.05, 0) is 78.7 Å². The number of carbonyl (C=O) groups excluding carboxylic acids is 2. The molecule has 2 aromatic heterocycles. The number of aryl methyl sites for hydroxylation is 2. The maximum absolute atomic E-state index is 13.2. The monoisotopic (exact) mass is 462 g/mol. The topological polar surface area (TPSA) is 79.7 Å². The number of benzene rings is 1. The van der Waals surface area contributed by atoms with E-state index in [0.29, 0.717) is 12.2 Å². The summed E-state index contributed by atoms with van der Waals surface area (Å²) >= 11 is 1.47. The first-order valence-corrected chi connectivity index (χ1v) is 11.8. The molecule has 1 N–H and O–H groups in total. The first kappa shape index (κ1) is 22.7. The molecule has 0 radical (unpaired) electrons. The lowest BCUT2D eigenvalue weighted by Gasteiger charge is -2.25. The lowest BCUT2D eigenvalue weighted by Crippen LogP contribution is -2.29. The lowest BCUT2D eigenvalue weighted by atomic mass is 9.97. The number of likely N-dealkylation sites (tertiary alicyclic amines) is 1. The normalized spacial score (nSPS) is 17.5. The second-order valence-corrected chi connectivity index (χ2v) is 9.03. The summed E-state index contributed by atoms with van der Waals surface area (Å²) in [7, 11) is 0. The van der Waals surface area contributed by atoms with Crippen LogP contribution < -0.4 is 4.74 Å². The Kier molecular flexibility index (Phi) is 6.60. The van der Waals surface area contributed by atoms with Crippen LogP contribution in [0.4, 0.5) is 0 Å². The summed E-state index contributed by atoms with van der Waals surface area (Å²) in [4.78, 5) is 32.7. The van der Waals surface area contributed by atoms with Crippen LogP contribution in [0.25, 0.3) is 5.76 Å². The summed E-state index contributed by atoms with van der Waals surface area (Å²) in [5, 5.41) is 13.2. The Morgan fingerprint density at radius 3 is 2.52 bits per heavy atom. The van der Waals surface area contributed by atoms with Crippen LogP contribution in [0.3, 0.4) is 0 Å². The summed E-state index contributed by atoms with van der Waals surface area (Å²) in [6.07, 6.45) is 4.20. The molecular weight excluding hydrogens is 436 g/mol. The van der Waals surface area contributed by atoms with Crippen molar-refractivity contribution in [2.75, 3.05) is 6.61 Å². The summed E-state index contributed by atoms with van der Waals surface area (Å²) in [5.74, 6) is -0.736. The van der Waals surface area contributed by atoms with Crippen molar-refractivity contribution in [3.8, 4) is 5.75 Å². The van der Waals surface area contributed by atoms with Gasteiger partial charge in [-0.15, -0.1) is 11.3 Å². The Labute approximate surface area is 197 Å². The van der Waals surface area contributed by atoms with Crippen LogP contribution in [0.5, 0.6) is 5.75 Å². The number of thiophene rings is 1. The first-order valence-electron chi connectivity index (χ1n) is 10.9. The number of hydrogen-bond donors (Lipinski definition) is 1. The minimum Gasteiger partial charge on any atom is -0.507 e. The highest BCUT2D eigenvalue weighted by Crippen LogP contribution is 2.43. The van der Waals surface area contributed by atoms with Gasteiger partial charge in [-0.3, -0.25) is 14.6 Å². The van der Waals surface area contributed by atoms with Crippen LogP contribution >= 0.6 is 11.3 Å². The molecule has 0 bridgehead atoms. The van der Waals surface area contributed by atoms with Gasteiger partial charge in [0.2, 0.25) is 0 Å². The van der Waals surface area contributed by atoms with E-state index in [2.05, 4.69) is 4.98 Å². The zero-order valence-electron chi connectivity index (χ0n) is 18.9. The minimum atomic E-state index is -0.677. The van der Waals surface area contributed by atoms with E-state index in [1.807, 2.05) is 44.4 Å². The van der Waals surface area contributed by atoms with Crippen LogP contribution in [-0.2, 0) is 16.1 Å². The van der Waals surface area contributed by atoms with Gasteiger partial charge >= 0.3 is 0 Å². The SMILES string of the molecule is CCCOc1ccc(/C(O)=C2/C(=O)C(=O)N(Cc3ccncc3)C2c2sccc2C)cc1C. The number of Topliss-reactive ketones (excluding diaryl/α,β-unsaturated/α-hetero) is 1. The van der Waals surface area contributed by atoms with Gasteiger partial charge in [0.25, 0.3) is 11.7 Å². The van der Waals surface area contributed by atoms with Crippen molar-refractivity contribution in [3.63, 3.8) is 0 Å². The molecule has 7 heteroatoms. The first-order chi connectivity index (χ1) is 15.9. The predicted octanol–water partition coefficient (Wildman–Crippen LogP) is 5.17. The van der Waals surface area contributed by atoms with Crippen molar-refractivity contribution >= 4 is 28.8 Å². The molecular formula is C26H26N2O4S. The quantitative estimate of drug-likeness (QED) is 0.298.